The van der Waals surface area contributed by atoms with Crippen LogP contribution >= 0.6 is 0 Å². The lowest BCUT2D eigenvalue weighted by molar-refractivity contribution is -0.0339. The van der Waals surface area contributed by atoms with Crippen molar-refractivity contribution in [2.75, 3.05) is 0 Å². The van der Waals surface area contributed by atoms with Gasteiger partial charge in [-0.15, -0.1) is 0 Å². The second-order valence-electron chi connectivity index (χ2n) is 5.33. The van der Waals surface area contributed by atoms with Gasteiger partial charge in [-0.05, 0) is 31.4 Å². The first-order chi connectivity index (χ1) is 9.49. The largest absolute Gasteiger partial charge is 0.388 e. The van der Waals surface area contributed by atoms with Gasteiger partial charge in [0.1, 0.15) is 12.2 Å². The van der Waals surface area contributed by atoms with E-state index in [0.717, 1.165) is 10.9 Å². The minimum atomic E-state index is -1.11. The number of hydrogen-bond acceptors (Lipinski definition) is 4. The zero-order valence-electron chi connectivity index (χ0n) is 11.4. The summed E-state index contributed by atoms with van der Waals surface area (Å²) in [7, 11) is 0. The Bertz CT molecular complexity index is 709. The number of benzene rings is 1. The Morgan fingerprint density at radius 2 is 1.95 bits per heavy atom. The van der Waals surface area contributed by atoms with E-state index in [2.05, 4.69) is 0 Å². The number of pyridine rings is 1. The predicted molar refractivity (Wildman–Crippen MR) is 74.5 cm³/mol. The van der Waals surface area contributed by atoms with Crippen molar-refractivity contribution in [3.63, 3.8) is 0 Å². The Labute approximate surface area is 116 Å². The van der Waals surface area contributed by atoms with Gasteiger partial charge in [0.25, 0.3) is 5.56 Å². The van der Waals surface area contributed by atoms with E-state index >= 15 is 0 Å². The van der Waals surface area contributed by atoms with Crippen LogP contribution in [-0.2, 0) is 4.74 Å². The molecule has 0 amide bonds. The molecule has 0 spiro atoms. The standard InChI is InChI=1S/C15H17NO4/c1-8-3-4-10-5-6-16(14(19)11(10)7-8)15-13(18)12(17)9(2)20-15/h3-7,9,12-13,15,17-18H,1-2H3. The molecular weight excluding hydrogens is 258 g/mol. The molecule has 0 radical (unpaired) electrons. The third kappa shape index (κ3) is 1.95. The van der Waals surface area contributed by atoms with Gasteiger partial charge in [0.2, 0.25) is 0 Å². The number of aliphatic hydroxyl groups excluding tert-OH is 2. The first-order valence-electron chi connectivity index (χ1n) is 6.62. The summed E-state index contributed by atoms with van der Waals surface area (Å²) in [6, 6.07) is 7.45. The summed E-state index contributed by atoms with van der Waals surface area (Å²) >= 11 is 0. The molecule has 1 aromatic heterocycles. The maximum atomic E-state index is 12.5. The minimum absolute atomic E-state index is 0.225. The zero-order valence-corrected chi connectivity index (χ0v) is 11.4. The van der Waals surface area contributed by atoms with Crippen LogP contribution in [0.1, 0.15) is 18.7 Å². The second kappa shape index (κ2) is 4.70. The summed E-state index contributed by atoms with van der Waals surface area (Å²) in [6.45, 7) is 3.59. The number of aromatic nitrogens is 1. The Morgan fingerprint density at radius 3 is 2.60 bits per heavy atom. The maximum absolute atomic E-state index is 12.5. The first kappa shape index (κ1) is 13.3. The quantitative estimate of drug-likeness (QED) is 0.813. The zero-order chi connectivity index (χ0) is 14.4. The van der Waals surface area contributed by atoms with E-state index in [1.54, 1.807) is 13.1 Å². The van der Waals surface area contributed by atoms with Crippen LogP contribution < -0.4 is 5.56 Å². The van der Waals surface area contributed by atoms with Gasteiger partial charge >= 0.3 is 0 Å². The summed E-state index contributed by atoms with van der Waals surface area (Å²) in [4.78, 5) is 12.5. The van der Waals surface area contributed by atoms with Gasteiger partial charge < -0.3 is 14.9 Å². The number of fused-ring (bicyclic) bond motifs is 1. The van der Waals surface area contributed by atoms with E-state index in [1.165, 1.54) is 4.57 Å². The van der Waals surface area contributed by atoms with Crippen molar-refractivity contribution in [3.8, 4) is 0 Å². The number of ether oxygens (including phenoxy) is 1. The average molecular weight is 275 g/mol. The molecule has 5 nitrogen and oxygen atoms in total. The summed E-state index contributed by atoms with van der Waals surface area (Å²) < 4.78 is 6.84. The highest BCUT2D eigenvalue weighted by Crippen LogP contribution is 2.28. The van der Waals surface area contributed by atoms with Gasteiger partial charge in [0, 0.05) is 11.6 Å². The lowest BCUT2D eigenvalue weighted by Crippen LogP contribution is -2.34. The van der Waals surface area contributed by atoms with Crippen molar-refractivity contribution in [2.24, 2.45) is 0 Å². The summed E-state index contributed by atoms with van der Waals surface area (Å²) in [5, 5.41) is 21.2. The molecule has 1 aliphatic rings. The topological polar surface area (TPSA) is 71.7 Å². The molecule has 2 heterocycles. The molecule has 20 heavy (non-hydrogen) atoms. The highest BCUT2D eigenvalue weighted by Gasteiger charge is 2.41. The molecule has 106 valence electrons. The van der Waals surface area contributed by atoms with Crippen molar-refractivity contribution in [1.29, 1.82) is 0 Å². The van der Waals surface area contributed by atoms with E-state index in [-0.39, 0.29) is 5.56 Å². The molecule has 0 aliphatic carbocycles. The normalized spacial score (nSPS) is 30.0. The molecular formula is C15H17NO4. The Hall–Kier alpha value is -1.69. The van der Waals surface area contributed by atoms with E-state index in [4.69, 9.17) is 4.74 Å². The van der Waals surface area contributed by atoms with Crippen LogP contribution in [0.4, 0.5) is 0 Å². The Balaban J connectivity index is 2.14. The molecule has 4 unspecified atom stereocenters. The highest BCUT2D eigenvalue weighted by atomic mass is 16.6. The van der Waals surface area contributed by atoms with Gasteiger partial charge in [-0.3, -0.25) is 9.36 Å². The Kier molecular flexibility index (Phi) is 3.12. The minimum Gasteiger partial charge on any atom is -0.388 e. The molecule has 1 fully saturated rings. The lowest BCUT2D eigenvalue weighted by Gasteiger charge is -2.18. The van der Waals surface area contributed by atoms with Crippen LogP contribution in [0.3, 0.4) is 0 Å². The third-order valence-corrected chi connectivity index (χ3v) is 3.84. The van der Waals surface area contributed by atoms with Crippen LogP contribution in [0.5, 0.6) is 0 Å². The number of nitrogens with zero attached hydrogens (tertiary/aromatic N) is 1. The molecule has 1 saturated heterocycles. The fourth-order valence-corrected chi connectivity index (χ4v) is 2.63. The van der Waals surface area contributed by atoms with E-state index < -0.39 is 24.5 Å². The average Bonchev–Trinajstić information content (AvgIpc) is 2.68. The van der Waals surface area contributed by atoms with E-state index in [0.29, 0.717) is 5.39 Å². The van der Waals surface area contributed by atoms with Crippen LogP contribution in [-0.4, -0.2) is 33.1 Å². The van der Waals surface area contributed by atoms with Crippen molar-refractivity contribution in [2.45, 2.75) is 38.4 Å². The molecule has 5 heteroatoms. The van der Waals surface area contributed by atoms with Crippen LogP contribution in [0.15, 0.2) is 35.3 Å². The molecule has 2 aromatic rings. The molecule has 0 saturated carbocycles. The molecule has 1 aromatic carbocycles. The van der Waals surface area contributed by atoms with Gasteiger partial charge in [-0.2, -0.15) is 0 Å². The van der Waals surface area contributed by atoms with Crippen LogP contribution in [0, 0.1) is 6.92 Å². The second-order valence-corrected chi connectivity index (χ2v) is 5.33. The van der Waals surface area contributed by atoms with Crippen LogP contribution in [0.2, 0.25) is 0 Å². The van der Waals surface area contributed by atoms with E-state index in [9.17, 15) is 15.0 Å². The van der Waals surface area contributed by atoms with Crippen molar-refractivity contribution >= 4 is 10.8 Å². The third-order valence-electron chi connectivity index (χ3n) is 3.84. The summed E-state index contributed by atoms with van der Waals surface area (Å²) in [6.07, 6.45) is -1.85. The van der Waals surface area contributed by atoms with Gasteiger partial charge in [-0.1, -0.05) is 17.7 Å². The lowest BCUT2D eigenvalue weighted by atomic mass is 10.1. The van der Waals surface area contributed by atoms with Crippen molar-refractivity contribution in [3.05, 3.63) is 46.4 Å². The predicted octanol–water partition coefficient (Wildman–Crippen LogP) is 0.949. The molecule has 2 N–H and O–H groups in total. The molecule has 0 bridgehead atoms. The van der Waals surface area contributed by atoms with Crippen LogP contribution in [0.25, 0.3) is 10.8 Å². The van der Waals surface area contributed by atoms with Crippen molar-refractivity contribution in [1.82, 2.24) is 4.57 Å². The Morgan fingerprint density at radius 1 is 1.20 bits per heavy atom. The number of aliphatic hydroxyl groups is 2. The molecule has 3 rings (SSSR count). The number of rotatable bonds is 1. The fraction of sp³-hybridized carbons (Fsp3) is 0.400. The SMILES string of the molecule is Cc1ccc2ccn(C3OC(C)C(O)C3O)c(=O)c2c1. The summed E-state index contributed by atoms with van der Waals surface area (Å²) in [5.74, 6) is 0. The monoisotopic (exact) mass is 275 g/mol. The smallest absolute Gasteiger partial charge is 0.260 e. The van der Waals surface area contributed by atoms with Gasteiger partial charge in [0.05, 0.1) is 6.10 Å². The summed E-state index contributed by atoms with van der Waals surface area (Å²) in [5.41, 5.74) is 0.769. The number of hydrogen-bond donors (Lipinski definition) is 2. The van der Waals surface area contributed by atoms with E-state index in [1.807, 2.05) is 31.2 Å². The highest BCUT2D eigenvalue weighted by molar-refractivity contribution is 5.82. The molecule has 4 atom stereocenters. The maximum Gasteiger partial charge on any atom is 0.260 e. The first-order valence-corrected chi connectivity index (χ1v) is 6.62. The fourth-order valence-electron chi connectivity index (χ4n) is 2.63. The van der Waals surface area contributed by atoms with Gasteiger partial charge in [0.15, 0.2) is 6.23 Å². The number of aryl methyl sites for hydroxylation is 1. The van der Waals surface area contributed by atoms with Gasteiger partial charge in [-0.25, -0.2) is 0 Å². The molecule has 1 aliphatic heterocycles. The van der Waals surface area contributed by atoms with Crippen molar-refractivity contribution < 1.29 is 14.9 Å².